The molecule has 162 valence electrons. The second kappa shape index (κ2) is 9.50. The maximum Gasteiger partial charge on any atom is 0.322 e. The molecule has 1 aliphatic carbocycles. The van der Waals surface area contributed by atoms with E-state index in [4.69, 9.17) is 4.74 Å². The van der Waals surface area contributed by atoms with Crippen molar-refractivity contribution < 1.29 is 14.3 Å². The van der Waals surface area contributed by atoms with Crippen LogP contribution in [0.2, 0.25) is 0 Å². The van der Waals surface area contributed by atoms with Crippen LogP contribution in [0.25, 0.3) is 0 Å². The van der Waals surface area contributed by atoms with Gasteiger partial charge in [0.1, 0.15) is 11.4 Å². The Labute approximate surface area is 183 Å². The molecule has 0 bridgehead atoms. The average Bonchev–Trinajstić information content (AvgIpc) is 2.99. The highest BCUT2D eigenvalue weighted by atomic mass is 79.9. The summed E-state index contributed by atoms with van der Waals surface area (Å²) in [6.07, 6.45) is 4.50. The number of hydrogen-bond donors (Lipinski definition) is 2. The van der Waals surface area contributed by atoms with Crippen LogP contribution in [0.1, 0.15) is 79.2 Å². The van der Waals surface area contributed by atoms with Crippen LogP contribution in [-0.4, -0.2) is 17.5 Å². The molecule has 4 rings (SSSR count). The summed E-state index contributed by atoms with van der Waals surface area (Å²) in [4.78, 5) is 24.7. The topological polar surface area (TPSA) is 67.4 Å². The van der Waals surface area contributed by atoms with Crippen LogP contribution in [0.4, 0.5) is 4.79 Å². The van der Waals surface area contributed by atoms with E-state index in [0.29, 0.717) is 24.0 Å². The lowest BCUT2D eigenvalue weighted by atomic mass is 9.67. The maximum absolute atomic E-state index is 12.8. The van der Waals surface area contributed by atoms with E-state index < -0.39 is 11.6 Å². The summed E-state index contributed by atoms with van der Waals surface area (Å²) in [5, 5.41) is 5.33. The molecular weight excluding hydrogens is 432 g/mol. The van der Waals surface area contributed by atoms with Gasteiger partial charge in [0.25, 0.3) is 5.91 Å². The molecular formula is C23H35BrN2O3. The van der Waals surface area contributed by atoms with Gasteiger partial charge in [-0.15, -0.1) is 0 Å². The first kappa shape index (κ1) is 23.7. The van der Waals surface area contributed by atoms with Crippen molar-refractivity contribution in [1.82, 2.24) is 10.6 Å². The number of hydrogen-bond acceptors (Lipinski definition) is 3. The van der Waals surface area contributed by atoms with Crippen LogP contribution in [-0.2, 0) is 10.3 Å². The number of carbonyl (C=O) groups is 2. The van der Waals surface area contributed by atoms with Gasteiger partial charge in [-0.25, -0.2) is 4.79 Å². The van der Waals surface area contributed by atoms with Crippen molar-refractivity contribution in [2.45, 2.75) is 84.8 Å². The van der Waals surface area contributed by atoms with E-state index in [1.54, 1.807) is 0 Å². The molecule has 3 amide bonds. The fraction of sp³-hybridized carbons (Fsp3) is 0.652. The first-order valence-corrected chi connectivity index (χ1v) is 11.8. The Hall–Kier alpha value is -1.56. The molecule has 1 atom stereocenters. The molecule has 0 aromatic heterocycles. The largest absolute Gasteiger partial charge is 0.487 e. The molecule has 2 heterocycles. The number of carbonyl (C=O) groups excluding carboxylic acids is 2. The Kier molecular flexibility index (Phi) is 7.77. The monoisotopic (exact) mass is 466 g/mol. The minimum absolute atomic E-state index is 0.273. The number of urea groups is 1. The van der Waals surface area contributed by atoms with E-state index in [0.717, 1.165) is 35.7 Å². The first-order valence-electron chi connectivity index (χ1n) is 11.0. The molecule has 3 aliphatic rings. The van der Waals surface area contributed by atoms with Gasteiger partial charge in [0.15, 0.2) is 5.54 Å². The molecule has 29 heavy (non-hydrogen) atoms. The van der Waals surface area contributed by atoms with Crippen molar-refractivity contribution >= 4 is 27.9 Å². The van der Waals surface area contributed by atoms with E-state index in [2.05, 4.69) is 40.4 Å². The molecule has 1 saturated heterocycles. The third kappa shape index (κ3) is 4.47. The maximum atomic E-state index is 12.8. The normalized spacial score (nSPS) is 29.7. The summed E-state index contributed by atoms with van der Waals surface area (Å²) in [5.74, 6) is 1.79. The average molecular weight is 467 g/mol. The second-order valence-electron chi connectivity index (χ2n) is 8.00. The fourth-order valence-corrected chi connectivity index (χ4v) is 5.05. The number of rotatable bonds is 1. The SMILES string of the molecule is CC.CC.CC(C)C1CCC2(CC1)CC1(NC(=O)NC1=O)c1cc(Br)ccc1O2. The molecule has 1 unspecified atom stereocenters. The van der Waals surface area contributed by atoms with Crippen molar-refractivity contribution in [3.05, 3.63) is 28.2 Å². The van der Waals surface area contributed by atoms with Gasteiger partial charge in [-0.1, -0.05) is 57.5 Å². The molecule has 2 aliphatic heterocycles. The summed E-state index contributed by atoms with van der Waals surface area (Å²) >= 11 is 3.47. The van der Waals surface area contributed by atoms with E-state index >= 15 is 0 Å². The number of halogens is 1. The van der Waals surface area contributed by atoms with Crippen molar-refractivity contribution in [2.24, 2.45) is 11.8 Å². The smallest absolute Gasteiger partial charge is 0.322 e. The van der Waals surface area contributed by atoms with Crippen LogP contribution in [0.3, 0.4) is 0 Å². The lowest BCUT2D eigenvalue weighted by molar-refractivity contribution is -0.129. The lowest BCUT2D eigenvalue weighted by Gasteiger charge is -2.49. The third-order valence-electron chi connectivity index (χ3n) is 6.14. The Balaban J connectivity index is 0.000000707. The number of imide groups is 1. The molecule has 5 nitrogen and oxygen atoms in total. The number of nitrogens with one attached hydrogen (secondary N) is 2. The Morgan fingerprint density at radius 1 is 1.10 bits per heavy atom. The van der Waals surface area contributed by atoms with Gasteiger partial charge in [0.05, 0.1) is 0 Å². The summed E-state index contributed by atoms with van der Waals surface area (Å²) in [6, 6.07) is 5.27. The number of benzene rings is 1. The highest BCUT2D eigenvalue weighted by Crippen LogP contribution is 2.51. The zero-order valence-electron chi connectivity index (χ0n) is 18.5. The van der Waals surface area contributed by atoms with Crippen LogP contribution < -0.4 is 15.4 Å². The zero-order valence-corrected chi connectivity index (χ0v) is 20.1. The molecule has 1 aromatic carbocycles. The molecule has 2 N–H and O–H groups in total. The Bertz CT molecular complexity index is 742. The van der Waals surface area contributed by atoms with Crippen molar-refractivity contribution in [1.29, 1.82) is 0 Å². The lowest BCUT2D eigenvalue weighted by Crippen LogP contribution is -2.57. The van der Waals surface area contributed by atoms with E-state index in [9.17, 15) is 9.59 Å². The van der Waals surface area contributed by atoms with Gasteiger partial charge in [0, 0.05) is 16.5 Å². The van der Waals surface area contributed by atoms with E-state index in [-0.39, 0.29) is 11.5 Å². The Morgan fingerprint density at radius 3 is 2.24 bits per heavy atom. The fourth-order valence-electron chi connectivity index (χ4n) is 4.69. The number of amides is 3. The highest BCUT2D eigenvalue weighted by molar-refractivity contribution is 9.10. The van der Waals surface area contributed by atoms with Crippen LogP contribution in [0, 0.1) is 11.8 Å². The number of fused-ring (bicyclic) bond motifs is 2. The highest BCUT2D eigenvalue weighted by Gasteiger charge is 2.58. The van der Waals surface area contributed by atoms with Crippen LogP contribution in [0.15, 0.2) is 22.7 Å². The van der Waals surface area contributed by atoms with E-state index in [1.807, 2.05) is 45.9 Å². The van der Waals surface area contributed by atoms with Gasteiger partial charge in [0.2, 0.25) is 0 Å². The molecule has 6 heteroatoms. The second-order valence-corrected chi connectivity index (χ2v) is 8.91. The van der Waals surface area contributed by atoms with E-state index in [1.165, 1.54) is 0 Å². The minimum Gasteiger partial charge on any atom is -0.487 e. The predicted octanol–water partition coefficient (Wildman–Crippen LogP) is 5.90. The summed E-state index contributed by atoms with van der Waals surface area (Å²) in [5.41, 5.74) is -0.679. The molecule has 2 spiro atoms. The number of ether oxygens (including phenoxy) is 1. The van der Waals surface area contributed by atoms with Gasteiger partial charge in [-0.2, -0.15) is 0 Å². The first-order chi connectivity index (χ1) is 13.8. The van der Waals surface area contributed by atoms with Gasteiger partial charge < -0.3 is 10.1 Å². The van der Waals surface area contributed by atoms with Crippen LogP contribution in [0.5, 0.6) is 5.75 Å². The molecule has 0 radical (unpaired) electrons. The van der Waals surface area contributed by atoms with Crippen LogP contribution >= 0.6 is 15.9 Å². The van der Waals surface area contributed by atoms with Gasteiger partial charge in [-0.05, 0) is 55.7 Å². The standard InChI is InChI=1S/C19H23BrN2O3.2C2H6/c1-11(2)12-5-7-18(8-6-12)10-19(16(23)21-17(24)22-19)14-9-13(20)3-4-15(14)25-18;2*1-2/h3-4,9,11-12H,5-8,10H2,1-2H3,(H2,21,22,23,24);2*1-2H3. The minimum atomic E-state index is -1.03. The van der Waals surface area contributed by atoms with Gasteiger partial charge in [-0.3, -0.25) is 10.1 Å². The molecule has 1 saturated carbocycles. The summed E-state index contributed by atoms with van der Waals surface area (Å²) < 4.78 is 7.33. The zero-order chi connectivity index (χ0) is 21.8. The predicted molar refractivity (Wildman–Crippen MR) is 120 cm³/mol. The molecule has 2 fully saturated rings. The van der Waals surface area contributed by atoms with Crippen molar-refractivity contribution in [3.63, 3.8) is 0 Å². The Morgan fingerprint density at radius 2 is 1.72 bits per heavy atom. The summed E-state index contributed by atoms with van der Waals surface area (Å²) in [6.45, 7) is 12.5. The summed E-state index contributed by atoms with van der Waals surface area (Å²) in [7, 11) is 0. The quantitative estimate of drug-likeness (QED) is 0.505. The van der Waals surface area contributed by atoms with Crippen molar-refractivity contribution in [2.75, 3.05) is 0 Å². The van der Waals surface area contributed by atoms with Crippen molar-refractivity contribution in [3.8, 4) is 5.75 Å². The molecule has 1 aromatic rings. The third-order valence-corrected chi connectivity index (χ3v) is 6.63. The van der Waals surface area contributed by atoms with Gasteiger partial charge >= 0.3 is 6.03 Å².